The van der Waals surface area contributed by atoms with Gasteiger partial charge >= 0.3 is 0 Å². The van der Waals surface area contributed by atoms with E-state index in [1.807, 2.05) is 6.08 Å². The molecule has 2 N–H and O–H groups in total. The minimum absolute atomic E-state index is 0.0519. The van der Waals surface area contributed by atoms with Crippen LogP contribution in [0.4, 0.5) is 0 Å². The third-order valence-electron chi connectivity index (χ3n) is 3.40. The third-order valence-corrected chi connectivity index (χ3v) is 3.40. The lowest BCUT2D eigenvalue weighted by Gasteiger charge is -2.40. The lowest BCUT2D eigenvalue weighted by atomic mass is 9.95. The minimum atomic E-state index is 0.0519. The molecular weight excluding hydrogens is 184 g/mol. The van der Waals surface area contributed by atoms with E-state index >= 15 is 0 Å². The van der Waals surface area contributed by atoms with Crippen LogP contribution in [0, 0.1) is 0 Å². The summed E-state index contributed by atoms with van der Waals surface area (Å²) in [6.45, 7) is 12.5. The van der Waals surface area contributed by atoms with Gasteiger partial charge in [0.15, 0.2) is 0 Å². The van der Waals surface area contributed by atoms with E-state index in [0.29, 0.717) is 0 Å². The molecule has 0 saturated heterocycles. The predicted octanol–water partition coefficient (Wildman–Crippen LogP) is 2.54. The van der Waals surface area contributed by atoms with Gasteiger partial charge < -0.3 is 5.73 Å². The summed E-state index contributed by atoms with van der Waals surface area (Å²) >= 11 is 0. The summed E-state index contributed by atoms with van der Waals surface area (Å²) in [5, 5.41) is 0. The first kappa shape index (κ1) is 12.7. The van der Waals surface area contributed by atoms with Gasteiger partial charge in [-0.25, -0.2) is 0 Å². The van der Waals surface area contributed by atoms with E-state index in [-0.39, 0.29) is 11.1 Å². The standard InChI is InChI=1S/C13H26N2/c1-5-10-15(12(2,3)4)11-13(14)8-6-7-9-13/h5H,1,6-11,14H2,2-4H3. The molecule has 0 spiro atoms. The molecule has 0 heterocycles. The zero-order chi connectivity index (χ0) is 11.5. The van der Waals surface area contributed by atoms with Gasteiger partial charge in [0.1, 0.15) is 0 Å². The molecule has 15 heavy (non-hydrogen) atoms. The topological polar surface area (TPSA) is 29.3 Å². The highest BCUT2D eigenvalue weighted by Gasteiger charge is 2.34. The van der Waals surface area contributed by atoms with E-state index in [1.54, 1.807) is 0 Å². The van der Waals surface area contributed by atoms with Crippen LogP contribution >= 0.6 is 0 Å². The molecule has 0 aromatic carbocycles. The second-order valence-corrected chi connectivity index (χ2v) is 5.91. The van der Waals surface area contributed by atoms with Crippen molar-refractivity contribution in [2.45, 2.75) is 57.5 Å². The van der Waals surface area contributed by atoms with Gasteiger partial charge in [0.05, 0.1) is 0 Å². The van der Waals surface area contributed by atoms with Gasteiger partial charge in [-0.15, -0.1) is 6.58 Å². The van der Waals surface area contributed by atoms with Gasteiger partial charge in [0, 0.05) is 24.2 Å². The van der Waals surface area contributed by atoms with Crippen LogP contribution in [-0.2, 0) is 0 Å². The number of hydrogen-bond donors (Lipinski definition) is 1. The Kier molecular flexibility index (Phi) is 3.96. The first-order valence-corrected chi connectivity index (χ1v) is 6.02. The Hall–Kier alpha value is -0.340. The first-order chi connectivity index (χ1) is 6.87. The van der Waals surface area contributed by atoms with Crippen molar-refractivity contribution in [2.75, 3.05) is 13.1 Å². The lowest BCUT2D eigenvalue weighted by molar-refractivity contribution is 0.118. The molecule has 1 aliphatic rings. The molecule has 0 atom stereocenters. The van der Waals surface area contributed by atoms with E-state index in [9.17, 15) is 0 Å². The summed E-state index contributed by atoms with van der Waals surface area (Å²) in [6.07, 6.45) is 6.92. The Labute approximate surface area is 94.5 Å². The summed E-state index contributed by atoms with van der Waals surface area (Å²) in [5.41, 5.74) is 6.65. The van der Waals surface area contributed by atoms with Gasteiger partial charge in [0.25, 0.3) is 0 Å². The average molecular weight is 210 g/mol. The smallest absolute Gasteiger partial charge is 0.0283 e. The van der Waals surface area contributed by atoms with Crippen molar-refractivity contribution in [2.24, 2.45) is 5.73 Å². The highest BCUT2D eigenvalue weighted by Crippen LogP contribution is 2.29. The molecule has 0 aliphatic heterocycles. The molecular formula is C13H26N2. The Balaban J connectivity index is 2.61. The summed E-state index contributed by atoms with van der Waals surface area (Å²) < 4.78 is 0. The minimum Gasteiger partial charge on any atom is -0.324 e. The van der Waals surface area contributed by atoms with Crippen LogP contribution in [0.3, 0.4) is 0 Å². The normalized spacial score (nSPS) is 20.9. The zero-order valence-corrected chi connectivity index (χ0v) is 10.6. The van der Waals surface area contributed by atoms with E-state index in [0.717, 1.165) is 13.1 Å². The molecule has 2 nitrogen and oxygen atoms in total. The molecule has 88 valence electrons. The van der Waals surface area contributed by atoms with Gasteiger partial charge in [-0.05, 0) is 33.6 Å². The van der Waals surface area contributed by atoms with Crippen LogP contribution in [0.15, 0.2) is 12.7 Å². The van der Waals surface area contributed by atoms with Crippen molar-refractivity contribution in [1.82, 2.24) is 4.90 Å². The van der Waals surface area contributed by atoms with E-state index in [1.165, 1.54) is 25.7 Å². The third kappa shape index (κ3) is 3.62. The van der Waals surface area contributed by atoms with Crippen molar-refractivity contribution in [1.29, 1.82) is 0 Å². The van der Waals surface area contributed by atoms with Crippen molar-refractivity contribution in [3.8, 4) is 0 Å². The Morgan fingerprint density at radius 2 is 1.87 bits per heavy atom. The Morgan fingerprint density at radius 1 is 1.33 bits per heavy atom. The van der Waals surface area contributed by atoms with E-state index in [4.69, 9.17) is 5.73 Å². The fourth-order valence-corrected chi connectivity index (χ4v) is 2.35. The quantitative estimate of drug-likeness (QED) is 0.723. The maximum absolute atomic E-state index is 6.41. The number of hydrogen-bond acceptors (Lipinski definition) is 2. The molecule has 0 bridgehead atoms. The second kappa shape index (κ2) is 4.67. The number of nitrogens with two attached hydrogens (primary N) is 1. The Morgan fingerprint density at radius 3 is 2.27 bits per heavy atom. The van der Waals surface area contributed by atoms with Crippen LogP contribution < -0.4 is 5.73 Å². The first-order valence-electron chi connectivity index (χ1n) is 6.02. The highest BCUT2D eigenvalue weighted by atomic mass is 15.2. The molecule has 1 saturated carbocycles. The van der Waals surface area contributed by atoms with Gasteiger partial charge in [0.2, 0.25) is 0 Å². The van der Waals surface area contributed by atoms with Crippen LogP contribution in [-0.4, -0.2) is 29.1 Å². The molecule has 0 unspecified atom stereocenters. The maximum atomic E-state index is 6.41. The molecule has 0 aromatic heterocycles. The van der Waals surface area contributed by atoms with Gasteiger partial charge in [-0.3, -0.25) is 4.90 Å². The zero-order valence-electron chi connectivity index (χ0n) is 10.6. The molecule has 0 aromatic rings. The maximum Gasteiger partial charge on any atom is 0.0283 e. The molecule has 2 heteroatoms. The van der Waals surface area contributed by atoms with E-state index < -0.39 is 0 Å². The average Bonchev–Trinajstić information content (AvgIpc) is 2.50. The summed E-state index contributed by atoms with van der Waals surface area (Å²) in [7, 11) is 0. The summed E-state index contributed by atoms with van der Waals surface area (Å²) in [5.74, 6) is 0. The van der Waals surface area contributed by atoms with Crippen LogP contribution in [0.1, 0.15) is 46.5 Å². The van der Waals surface area contributed by atoms with Gasteiger partial charge in [-0.1, -0.05) is 18.9 Å². The fourth-order valence-electron chi connectivity index (χ4n) is 2.35. The number of nitrogens with zero attached hydrogens (tertiary/aromatic N) is 1. The van der Waals surface area contributed by atoms with Crippen molar-refractivity contribution in [3.63, 3.8) is 0 Å². The molecule has 0 amide bonds. The molecule has 0 radical (unpaired) electrons. The van der Waals surface area contributed by atoms with Crippen LogP contribution in [0.25, 0.3) is 0 Å². The van der Waals surface area contributed by atoms with Crippen molar-refractivity contribution < 1.29 is 0 Å². The number of rotatable bonds is 4. The van der Waals surface area contributed by atoms with Crippen molar-refractivity contribution in [3.05, 3.63) is 12.7 Å². The summed E-state index contributed by atoms with van der Waals surface area (Å²) in [6, 6.07) is 0. The molecule has 1 fully saturated rings. The lowest BCUT2D eigenvalue weighted by Crippen LogP contribution is -2.53. The summed E-state index contributed by atoms with van der Waals surface area (Å²) in [4.78, 5) is 2.44. The van der Waals surface area contributed by atoms with Crippen molar-refractivity contribution >= 4 is 0 Å². The fraction of sp³-hybridized carbons (Fsp3) is 0.846. The SMILES string of the molecule is C=CCN(CC1(N)CCCC1)C(C)(C)C. The molecule has 1 aliphatic carbocycles. The van der Waals surface area contributed by atoms with Crippen LogP contribution in [0.5, 0.6) is 0 Å². The largest absolute Gasteiger partial charge is 0.324 e. The second-order valence-electron chi connectivity index (χ2n) is 5.91. The monoisotopic (exact) mass is 210 g/mol. The van der Waals surface area contributed by atoms with Crippen LogP contribution in [0.2, 0.25) is 0 Å². The highest BCUT2D eigenvalue weighted by molar-refractivity contribution is 4.96. The predicted molar refractivity (Wildman–Crippen MR) is 66.9 cm³/mol. The van der Waals surface area contributed by atoms with E-state index in [2.05, 4.69) is 32.3 Å². The molecule has 1 rings (SSSR count). The van der Waals surface area contributed by atoms with Gasteiger partial charge in [-0.2, -0.15) is 0 Å². The Bertz CT molecular complexity index is 209.